The summed E-state index contributed by atoms with van der Waals surface area (Å²) in [6.45, 7) is 6.95. The van der Waals surface area contributed by atoms with Crippen molar-refractivity contribution in [3.8, 4) is 22.1 Å². The second-order valence-corrected chi connectivity index (χ2v) is 10.6. The van der Waals surface area contributed by atoms with Crippen molar-refractivity contribution >= 4 is 27.5 Å². The van der Waals surface area contributed by atoms with Crippen molar-refractivity contribution in [2.45, 2.75) is 44.9 Å². The van der Waals surface area contributed by atoms with Gasteiger partial charge in [0.2, 0.25) is 5.91 Å². The molecule has 1 atom stereocenters. The van der Waals surface area contributed by atoms with Crippen molar-refractivity contribution in [1.29, 1.82) is 0 Å². The topological polar surface area (TPSA) is 64.1 Å². The summed E-state index contributed by atoms with van der Waals surface area (Å²) in [5, 5.41) is 0.993. The van der Waals surface area contributed by atoms with Gasteiger partial charge in [-0.2, -0.15) is 0 Å². The first kappa shape index (κ1) is 22.8. The van der Waals surface area contributed by atoms with Crippen LogP contribution in [0, 0.1) is 0 Å². The first-order valence-corrected chi connectivity index (χ1v) is 13.4. The molecule has 184 valence electrons. The Bertz CT molecular complexity index is 1180. The van der Waals surface area contributed by atoms with E-state index in [0.717, 1.165) is 85.2 Å². The van der Waals surface area contributed by atoms with Crippen molar-refractivity contribution in [3.05, 3.63) is 42.0 Å². The van der Waals surface area contributed by atoms with Gasteiger partial charge in [0.05, 0.1) is 23.4 Å². The number of amides is 1. The zero-order valence-electron chi connectivity index (χ0n) is 20.1. The molecule has 3 aliphatic heterocycles. The number of thiazole rings is 1. The van der Waals surface area contributed by atoms with Crippen molar-refractivity contribution in [3.63, 3.8) is 0 Å². The maximum absolute atomic E-state index is 11.8. The summed E-state index contributed by atoms with van der Waals surface area (Å²) in [6.07, 6.45) is 2.93. The van der Waals surface area contributed by atoms with Gasteiger partial charge in [0.1, 0.15) is 17.7 Å². The Morgan fingerprint density at radius 3 is 2.74 bits per heavy atom. The summed E-state index contributed by atoms with van der Waals surface area (Å²) in [6, 6.07) is 13.0. The Balaban J connectivity index is 1.33. The molecule has 4 heterocycles. The summed E-state index contributed by atoms with van der Waals surface area (Å²) >= 11 is 1.71. The molecule has 3 aromatic rings. The van der Waals surface area contributed by atoms with Crippen molar-refractivity contribution < 1.29 is 19.0 Å². The molecular weight excluding hydrogens is 462 g/mol. The highest BCUT2D eigenvalue weighted by Gasteiger charge is 2.30. The number of hydrogen-bond donors (Lipinski definition) is 0. The number of carbonyl (C=O) groups is 1. The van der Waals surface area contributed by atoms with Gasteiger partial charge in [0.15, 0.2) is 11.5 Å². The lowest BCUT2D eigenvalue weighted by atomic mass is 10.0. The lowest BCUT2D eigenvalue weighted by Gasteiger charge is -2.37. The zero-order chi connectivity index (χ0) is 23.8. The molecule has 3 aliphatic rings. The third-order valence-electron chi connectivity index (χ3n) is 7.28. The predicted octanol–water partition coefficient (Wildman–Crippen LogP) is 4.34. The molecule has 0 radical (unpaired) electrons. The highest BCUT2D eigenvalue weighted by molar-refractivity contribution is 7.21. The van der Waals surface area contributed by atoms with Crippen LogP contribution in [0.5, 0.6) is 11.5 Å². The van der Waals surface area contributed by atoms with Gasteiger partial charge in [-0.1, -0.05) is 12.1 Å². The highest BCUT2D eigenvalue weighted by Crippen LogP contribution is 2.41. The van der Waals surface area contributed by atoms with Crippen LogP contribution in [0.1, 0.15) is 31.7 Å². The summed E-state index contributed by atoms with van der Waals surface area (Å²) in [7, 11) is 0. The van der Waals surface area contributed by atoms with E-state index in [2.05, 4.69) is 35.2 Å². The van der Waals surface area contributed by atoms with Gasteiger partial charge in [-0.05, 0) is 37.1 Å². The number of benzene rings is 2. The smallest absolute Gasteiger partial charge is 0.219 e. The third-order valence-corrected chi connectivity index (χ3v) is 8.36. The van der Waals surface area contributed by atoms with Gasteiger partial charge in [-0.3, -0.25) is 9.69 Å². The number of nitrogens with zero attached hydrogens (tertiary/aromatic N) is 3. The minimum atomic E-state index is 0.0450. The fourth-order valence-electron chi connectivity index (χ4n) is 5.35. The number of carbonyl (C=O) groups excluding carboxylic acids is 1. The molecule has 2 saturated heterocycles. The number of likely N-dealkylation sites (tertiary alicyclic amines) is 1. The number of ether oxygens (including phenoxy) is 3. The SMILES string of the molecule is CC(=O)N1CCC(N2CCOc3c(cc(-c4nc5ccccc5s4)cc3O[C@@H]3CCOC3)C2)CC1. The van der Waals surface area contributed by atoms with Crippen LogP contribution in [0.15, 0.2) is 36.4 Å². The molecule has 0 bridgehead atoms. The molecule has 6 rings (SSSR count). The van der Waals surface area contributed by atoms with Crippen molar-refractivity contribution in [1.82, 2.24) is 14.8 Å². The van der Waals surface area contributed by atoms with Crippen LogP contribution in [-0.2, 0) is 16.1 Å². The Labute approximate surface area is 209 Å². The van der Waals surface area contributed by atoms with E-state index >= 15 is 0 Å². The number of rotatable bonds is 4. The lowest BCUT2D eigenvalue weighted by molar-refractivity contribution is -0.130. The number of fused-ring (bicyclic) bond motifs is 2. The fourth-order valence-corrected chi connectivity index (χ4v) is 6.31. The molecule has 0 aliphatic carbocycles. The van der Waals surface area contributed by atoms with Crippen molar-refractivity contribution in [2.75, 3.05) is 39.5 Å². The normalized spacial score (nSPS) is 21.5. The van der Waals surface area contributed by atoms with E-state index in [1.54, 1.807) is 18.3 Å². The number of hydrogen-bond acceptors (Lipinski definition) is 7. The summed E-state index contributed by atoms with van der Waals surface area (Å²) in [5.74, 6) is 1.82. The minimum absolute atomic E-state index is 0.0450. The fraction of sp³-hybridized carbons (Fsp3) is 0.481. The molecule has 8 heteroatoms. The predicted molar refractivity (Wildman–Crippen MR) is 136 cm³/mol. The Morgan fingerprint density at radius 1 is 1.11 bits per heavy atom. The molecule has 7 nitrogen and oxygen atoms in total. The molecule has 1 aromatic heterocycles. The summed E-state index contributed by atoms with van der Waals surface area (Å²) in [5.41, 5.74) is 3.22. The van der Waals surface area contributed by atoms with E-state index in [1.807, 2.05) is 11.0 Å². The van der Waals surface area contributed by atoms with Crippen LogP contribution in [0.3, 0.4) is 0 Å². The van der Waals surface area contributed by atoms with E-state index < -0.39 is 0 Å². The Kier molecular flexibility index (Phi) is 6.35. The van der Waals surface area contributed by atoms with E-state index in [4.69, 9.17) is 19.2 Å². The maximum Gasteiger partial charge on any atom is 0.219 e. The Hall–Kier alpha value is -2.68. The Morgan fingerprint density at radius 2 is 1.97 bits per heavy atom. The first-order chi connectivity index (χ1) is 17.1. The first-order valence-electron chi connectivity index (χ1n) is 12.5. The van der Waals surface area contributed by atoms with Gasteiger partial charge >= 0.3 is 0 Å². The van der Waals surface area contributed by atoms with Crippen LogP contribution < -0.4 is 9.47 Å². The number of para-hydroxylation sites is 1. The zero-order valence-corrected chi connectivity index (χ0v) is 20.9. The molecular formula is C27H31N3O4S. The van der Waals surface area contributed by atoms with Crippen LogP contribution in [0.4, 0.5) is 0 Å². The third kappa shape index (κ3) is 4.75. The lowest BCUT2D eigenvalue weighted by Crippen LogP contribution is -2.46. The van der Waals surface area contributed by atoms with E-state index in [1.165, 1.54) is 4.70 Å². The average Bonchev–Trinajstić information content (AvgIpc) is 3.49. The summed E-state index contributed by atoms with van der Waals surface area (Å²) in [4.78, 5) is 21.2. The standard InChI is InChI=1S/C27H31N3O4S/c1-18(31)29-9-6-21(7-10-29)30-11-13-33-26-20(16-30)14-19(15-24(26)34-22-8-12-32-17-22)27-28-23-4-2-3-5-25(23)35-27/h2-5,14-15,21-22H,6-13,16-17H2,1H3/t22-/m1/s1. The monoisotopic (exact) mass is 493 g/mol. The molecule has 1 amide bonds. The maximum atomic E-state index is 11.8. The highest BCUT2D eigenvalue weighted by atomic mass is 32.1. The van der Waals surface area contributed by atoms with Crippen LogP contribution in [0.2, 0.25) is 0 Å². The molecule has 0 spiro atoms. The molecule has 0 unspecified atom stereocenters. The number of aromatic nitrogens is 1. The van der Waals surface area contributed by atoms with Crippen LogP contribution in [0.25, 0.3) is 20.8 Å². The second-order valence-electron chi connectivity index (χ2n) is 9.61. The van der Waals surface area contributed by atoms with E-state index in [-0.39, 0.29) is 12.0 Å². The van der Waals surface area contributed by atoms with Gasteiger partial charge in [-0.15, -0.1) is 11.3 Å². The van der Waals surface area contributed by atoms with Crippen LogP contribution >= 0.6 is 11.3 Å². The van der Waals surface area contributed by atoms with Crippen molar-refractivity contribution in [2.24, 2.45) is 0 Å². The van der Waals surface area contributed by atoms with E-state index in [9.17, 15) is 4.79 Å². The van der Waals surface area contributed by atoms with Gasteiger partial charge < -0.3 is 19.1 Å². The van der Waals surface area contributed by atoms with Gasteiger partial charge in [-0.25, -0.2) is 4.98 Å². The van der Waals surface area contributed by atoms with E-state index in [0.29, 0.717) is 19.3 Å². The second kappa shape index (κ2) is 9.76. The largest absolute Gasteiger partial charge is 0.488 e. The summed E-state index contributed by atoms with van der Waals surface area (Å²) < 4.78 is 19.5. The molecule has 35 heavy (non-hydrogen) atoms. The quantitative estimate of drug-likeness (QED) is 0.539. The average molecular weight is 494 g/mol. The van der Waals surface area contributed by atoms with Gasteiger partial charge in [0, 0.05) is 56.7 Å². The molecule has 0 saturated carbocycles. The van der Waals surface area contributed by atoms with Gasteiger partial charge in [0.25, 0.3) is 0 Å². The van der Waals surface area contributed by atoms with Crippen LogP contribution in [-0.4, -0.2) is 72.3 Å². The molecule has 2 fully saturated rings. The number of piperidine rings is 1. The molecule has 0 N–H and O–H groups in total. The minimum Gasteiger partial charge on any atom is -0.488 e. The molecule has 2 aromatic carbocycles.